The highest BCUT2D eigenvalue weighted by atomic mass is 16.5. The fourth-order valence-electron chi connectivity index (χ4n) is 3.78. The first-order valence-corrected chi connectivity index (χ1v) is 9.16. The predicted octanol–water partition coefficient (Wildman–Crippen LogP) is 2.18. The zero-order chi connectivity index (χ0) is 15.9. The van der Waals surface area contributed by atoms with Crippen LogP contribution >= 0.6 is 0 Å². The molecule has 2 aliphatic heterocycles. The lowest BCUT2D eigenvalue weighted by atomic mass is 10.0. The van der Waals surface area contributed by atoms with Crippen molar-refractivity contribution in [1.29, 1.82) is 0 Å². The normalized spacial score (nSPS) is 25.3. The molecule has 2 fully saturated rings. The summed E-state index contributed by atoms with van der Waals surface area (Å²) in [6, 6.07) is 12.5. The first-order valence-electron chi connectivity index (χ1n) is 9.16. The highest BCUT2D eigenvalue weighted by molar-refractivity contribution is 5.19. The molecule has 23 heavy (non-hydrogen) atoms. The molecule has 0 saturated carbocycles. The zero-order valence-corrected chi connectivity index (χ0v) is 14.3. The van der Waals surface area contributed by atoms with E-state index in [0.717, 1.165) is 32.7 Å². The fraction of sp³-hybridized carbons (Fsp3) is 0.684. The standard InChI is InChI=1S/C19H31N3O/c1-16(13-18-15-23-12-9-20-18)21-14-19(22-10-5-6-11-22)17-7-3-2-4-8-17/h2-4,7-8,16,18-21H,5-6,9-15H2,1H3. The molecule has 2 aliphatic rings. The van der Waals surface area contributed by atoms with Gasteiger partial charge in [-0.2, -0.15) is 0 Å². The number of hydrogen-bond donors (Lipinski definition) is 2. The first-order chi connectivity index (χ1) is 11.3. The van der Waals surface area contributed by atoms with E-state index in [1.165, 1.54) is 31.5 Å². The molecule has 1 aromatic rings. The molecule has 4 nitrogen and oxygen atoms in total. The number of benzene rings is 1. The maximum atomic E-state index is 5.56. The molecule has 4 heteroatoms. The van der Waals surface area contributed by atoms with Gasteiger partial charge in [0.15, 0.2) is 0 Å². The van der Waals surface area contributed by atoms with Gasteiger partial charge in [-0.15, -0.1) is 0 Å². The molecule has 0 amide bonds. The molecular weight excluding hydrogens is 286 g/mol. The number of nitrogens with one attached hydrogen (secondary N) is 2. The van der Waals surface area contributed by atoms with Gasteiger partial charge in [-0.25, -0.2) is 0 Å². The molecule has 2 N–H and O–H groups in total. The Morgan fingerprint density at radius 2 is 2.04 bits per heavy atom. The third-order valence-electron chi connectivity index (χ3n) is 5.06. The van der Waals surface area contributed by atoms with Crippen LogP contribution in [-0.2, 0) is 4.74 Å². The molecule has 3 unspecified atom stereocenters. The van der Waals surface area contributed by atoms with Crippen molar-refractivity contribution < 1.29 is 4.74 Å². The van der Waals surface area contributed by atoms with Crippen molar-refractivity contribution in [1.82, 2.24) is 15.5 Å². The lowest BCUT2D eigenvalue weighted by Crippen LogP contribution is -2.46. The van der Waals surface area contributed by atoms with Crippen LogP contribution in [0.4, 0.5) is 0 Å². The highest BCUT2D eigenvalue weighted by Crippen LogP contribution is 2.24. The van der Waals surface area contributed by atoms with Crippen LogP contribution in [0.5, 0.6) is 0 Å². The Hall–Kier alpha value is -0.940. The van der Waals surface area contributed by atoms with Crippen LogP contribution in [0, 0.1) is 0 Å². The maximum Gasteiger partial charge on any atom is 0.0620 e. The summed E-state index contributed by atoms with van der Waals surface area (Å²) in [6.07, 6.45) is 3.80. The predicted molar refractivity (Wildman–Crippen MR) is 94.7 cm³/mol. The minimum atomic E-state index is 0.494. The van der Waals surface area contributed by atoms with E-state index in [4.69, 9.17) is 4.74 Å². The number of hydrogen-bond acceptors (Lipinski definition) is 4. The fourth-order valence-corrected chi connectivity index (χ4v) is 3.78. The Bertz CT molecular complexity index is 441. The molecule has 3 rings (SSSR count). The highest BCUT2D eigenvalue weighted by Gasteiger charge is 2.24. The van der Waals surface area contributed by atoms with Gasteiger partial charge in [0, 0.05) is 31.2 Å². The van der Waals surface area contributed by atoms with E-state index in [1.54, 1.807) is 0 Å². The largest absolute Gasteiger partial charge is 0.379 e. The Labute approximate surface area is 140 Å². The van der Waals surface area contributed by atoms with Crippen molar-refractivity contribution in [2.45, 2.75) is 44.3 Å². The van der Waals surface area contributed by atoms with Crippen LogP contribution < -0.4 is 10.6 Å². The second-order valence-corrected chi connectivity index (χ2v) is 6.94. The summed E-state index contributed by atoms with van der Waals surface area (Å²) >= 11 is 0. The van der Waals surface area contributed by atoms with Crippen molar-refractivity contribution in [3.05, 3.63) is 35.9 Å². The number of nitrogens with zero attached hydrogens (tertiary/aromatic N) is 1. The molecule has 0 spiro atoms. The molecule has 0 aliphatic carbocycles. The first kappa shape index (κ1) is 16.9. The van der Waals surface area contributed by atoms with Crippen LogP contribution in [0.15, 0.2) is 30.3 Å². The number of morpholine rings is 1. The summed E-state index contributed by atoms with van der Waals surface area (Å²) in [5.74, 6) is 0. The molecule has 3 atom stereocenters. The van der Waals surface area contributed by atoms with Gasteiger partial charge in [-0.1, -0.05) is 30.3 Å². The van der Waals surface area contributed by atoms with E-state index in [1.807, 2.05) is 0 Å². The molecule has 0 radical (unpaired) electrons. The van der Waals surface area contributed by atoms with Crippen molar-refractivity contribution in [3.63, 3.8) is 0 Å². The van der Waals surface area contributed by atoms with Gasteiger partial charge in [0.05, 0.1) is 13.2 Å². The summed E-state index contributed by atoms with van der Waals surface area (Å²) in [6.45, 7) is 8.46. The van der Waals surface area contributed by atoms with Gasteiger partial charge in [-0.3, -0.25) is 4.90 Å². The summed E-state index contributed by atoms with van der Waals surface area (Å²) in [7, 11) is 0. The Morgan fingerprint density at radius 3 is 2.74 bits per heavy atom. The molecule has 128 valence electrons. The average molecular weight is 317 g/mol. The smallest absolute Gasteiger partial charge is 0.0620 e. The van der Waals surface area contributed by atoms with Crippen LogP contribution in [0.25, 0.3) is 0 Å². The summed E-state index contributed by atoms with van der Waals surface area (Å²) < 4.78 is 5.56. The maximum absolute atomic E-state index is 5.56. The van der Waals surface area contributed by atoms with Gasteiger partial charge in [0.1, 0.15) is 0 Å². The second kappa shape index (κ2) is 8.78. The van der Waals surface area contributed by atoms with E-state index in [2.05, 4.69) is 52.8 Å². The third kappa shape index (κ3) is 5.01. The van der Waals surface area contributed by atoms with E-state index in [-0.39, 0.29) is 0 Å². The molecule has 2 heterocycles. The minimum Gasteiger partial charge on any atom is -0.379 e. The Kier molecular flexibility index (Phi) is 6.46. The van der Waals surface area contributed by atoms with Crippen molar-refractivity contribution in [3.8, 4) is 0 Å². The Morgan fingerprint density at radius 1 is 1.26 bits per heavy atom. The monoisotopic (exact) mass is 317 g/mol. The molecular formula is C19H31N3O. The van der Waals surface area contributed by atoms with E-state index in [9.17, 15) is 0 Å². The topological polar surface area (TPSA) is 36.5 Å². The second-order valence-electron chi connectivity index (χ2n) is 6.94. The molecule has 0 aromatic heterocycles. The van der Waals surface area contributed by atoms with Crippen molar-refractivity contribution >= 4 is 0 Å². The minimum absolute atomic E-state index is 0.494. The number of likely N-dealkylation sites (tertiary alicyclic amines) is 1. The number of rotatable bonds is 7. The summed E-state index contributed by atoms with van der Waals surface area (Å²) in [5, 5.41) is 7.32. The van der Waals surface area contributed by atoms with Gasteiger partial charge in [0.2, 0.25) is 0 Å². The van der Waals surface area contributed by atoms with Gasteiger partial charge < -0.3 is 15.4 Å². The lowest BCUT2D eigenvalue weighted by molar-refractivity contribution is 0.0708. The summed E-state index contributed by atoms with van der Waals surface area (Å²) in [4.78, 5) is 2.64. The van der Waals surface area contributed by atoms with Crippen LogP contribution in [-0.4, -0.2) is 56.4 Å². The van der Waals surface area contributed by atoms with Crippen LogP contribution in [0.1, 0.15) is 37.8 Å². The van der Waals surface area contributed by atoms with Crippen LogP contribution in [0.2, 0.25) is 0 Å². The van der Waals surface area contributed by atoms with Crippen molar-refractivity contribution in [2.75, 3.05) is 39.4 Å². The van der Waals surface area contributed by atoms with Gasteiger partial charge in [0.25, 0.3) is 0 Å². The zero-order valence-electron chi connectivity index (χ0n) is 14.3. The average Bonchev–Trinajstić information content (AvgIpc) is 3.11. The Balaban J connectivity index is 1.53. The van der Waals surface area contributed by atoms with Crippen LogP contribution in [0.3, 0.4) is 0 Å². The number of ether oxygens (including phenoxy) is 1. The summed E-state index contributed by atoms with van der Waals surface area (Å²) in [5.41, 5.74) is 1.44. The van der Waals surface area contributed by atoms with E-state index in [0.29, 0.717) is 18.1 Å². The quantitative estimate of drug-likeness (QED) is 0.808. The van der Waals surface area contributed by atoms with E-state index >= 15 is 0 Å². The molecule has 0 bridgehead atoms. The lowest BCUT2D eigenvalue weighted by Gasteiger charge is -2.31. The van der Waals surface area contributed by atoms with Gasteiger partial charge in [-0.05, 0) is 44.8 Å². The SMILES string of the molecule is CC(CC1COCCN1)NCC(c1ccccc1)N1CCCC1. The molecule has 2 saturated heterocycles. The van der Waals surface area contributed by atoms with Crippen molar-refractivity contribution in [2.24, 2.45) is 0 Å². The van der Waals surface area contributed by atoms with Gasteiger partial charge >= 0.3 is 0 Å². The van der Waals surface area contributed by atoms with E-state index < -0.39 is 0 Å². The molecule has 1 aromatic carbocycles. The third-order valence-corrected chi connectivity index (χ3v) is 5.06.